The van der Waals surface area contributed by atoms with E-state index in [0.717, 1.165) is 11.5 Å². The fraction of sp³-hybridized carbons (Fsp3) is 0.231. The van der Waals surface area contributed by atoms with Crippen LogP contribution in [0.4, 0.5) is 10.7 Å². The van der Waals surface area contributed by atoms with Gasteiger partial charge in [0.15, 0.2) is 5.78 Å². The number of aromatic nitrogens is 1. The number of nitrogens with zero attached hydrogens (tertiary/aromatic N) is 2. The van der Waals surface area contributed by atoms with Gasteiger partial charge in [-0.1, -0.05) is 0 Å². The van der Waals surface area contributed by atoms with E-state index in [9.17, 15) is 4.79 Å². The number of carbonyl (C=O) groups excluding carboxylic acids is 1. The van der Waals surface area contributed by atoms with Crippen molar-refractivity contribution in [2.75, 3.05) is 17.7 Å². The third kappa shape index (κ3) is 2.68. The van der Waals surface area contributed by atoms with Crippen LogP contribution in [0.1, 0.15) is 22.2 Å². The number of rotatable bonds is 4. The maximum Gasteiger partial charge on any atom is 0.171 e. The van der Waals surface area contributed by atoms with E-state index in [1.54, 1.807) is 12.4 Å². The third-order valence-electron chi connectivity index (χ3n) is 2.61. The van der Waals surface area contributed by atoms with Gasteiger partial charge in [0.25, 0.3) is 0 Å². The molecule has 2 aromatic rings. The SMILES string of the molecule is CC(=O)c1sc(N(C)Cc2ccncc2)cc1N. The Labute approximate surface area is 110 Å². The summed E-state index contributed by atoms with van der Waals surface area (Å²) in [5, 5.41) is 0.995. The molecule has 0 unspecified atom stereocenters. The number of hydrogen-bond acceptors (Lipinski definition) is 5. The topological polar surface area (TPSA) is 59.2 Å². The van der Waals surface area contributed by atoms with E-state index < -0.39 is 0 Å². The van der Waals surface area contributed by atoms with Crippen LogP contribution in [0.5, 0.6) is 0 Å². The number of nitrogen functional groups attached to an aromatic ring is 1. The molecule has 0 amide bonds. The van der Waals surface area contributed by atoms with Crippen LogP contribution in [-0.4, -0.2) is 17.8 Å². The summed E-state index contributed by atoms with van der Waals surface area (Å²) in [4.78, 5) is 18.1. The standard InChI is InChI=1S/C13H15N3OS/c1-9(17)13-11(14)7-12(18-13)16(2)8-10-3-5-15-6-4-10/h3-7H,8,14H2,1-2H3. The van der Waals surface area contributed by atoms with Crippen LogP contribution >= 0.6 is 11.3 Å². The van der Waals surface area contributed by atoms with Gasteiger partial charge >= 0.3 is 0 Å². The molecule has 94 valence electrons. The van der Waals surface area contributed by atoms with Crippen molar-refractivity contribution in [1.29, 1.82) is 0 Å². The average Bonchev–Trinajstić information content (AvgIpc) is 2.73. The second-order valence-electron chi connectivity index (χ2n) is 4.14. The normalized spacial score (nSPS) is 10.3. The van der Waals surface area contributed by atoms with Gasteiger partial charge in [-0.2, -0.15) is 0 Å². The zero-order chi connectivity index (χ0) is 13.1. The lowest BCUT2D eigenvalue weighted by atomic mass is 10.2. The molecule has 0 fully saturated rings. The van der Waals surface area contributed by atoms with Crippen LogP contribution in [0.15, 0.2) is 30.6 Å². The maximum atomic E-state index is 11.4. The first-order valence-corrected chi connectivity index (χ1v) is 6.40. The van der Waals surface area contributed by atoms with E-state index in [4.69, 9.17) is 5.73 Å². The highest BCUT2D eigenvalue weighted by Crippen LogP contribution is 2.32. The molecule has 0 atom stereocenters. The molecule has 2 N–H and O–H groups in total. The second-order valence-corrected chi connectivity index (χ2v) is 5.17. The minimum Gasteiger partial charge on any atom is -0.397 e. The summed E-state index contributed by atoms with van der Waals surface area (Å²) in [5.41, 5.74) is 7.56. The Morgan fingerprint density at radius 2 is 2.11 bits per heavy atom. The molecule has 0 aromatic carbocycles. The van der Waals surface area contributed by atoms with Gasteiger partial charge < -0.3 is 10.6 Å². The predicted octanol–water partition coefficient (Wildman–Crippen LogP) is 2.56. The smallest absolute Gasteiger partial charge is 0.171 e. The highest BCUT2D eigenvalue weighted by atomic mass is 32.1. The van der Waals surface area contributed by atoms with E-state index in [1.807, 2.05) is 25.2 Å². The molecule has 18 heavy (non-hydrogen) atoms. The van der Waals surface area contributed by atoms with Crippen molar-refractivity contribution in [1.82, 2.24) is 4.98 Å². The van der Waals surface area contributed by atoms with Crippen LogP contribution in [0, 0.1) is 0 Å². The lowest BCUT2D eigenvalue weighted by Gasteiger charge is -2.16. The van der Waals surface area contributed by atoms with E-state index in [1.165, 1.54) is 23.8 Å². The zero-order valence-corrected chi connectivity index (χ0v) is 11.2. The first-order valence-electron chi connectivity index (χ1n) is 5.58. The zero-order valence-electron chi connectivity index (χ0n) is 10.4. The van der Waals surface area contributed by atoms with Crippen LogP contribution < -0.4 is 10.6 Å². The molecule has 0 spiro atoms. The monoisotopic (exact) mass is 261 g/mol. The third-order valence-corrected chi connectivity index (χ3v) is 3.98. The van der Waals surface area contributed by atoms with Crippen molar-refractivity contribution >= 4 is 27.8 Å². The van der Waals surface area contributed by atoms with Crippen LogP contribution in [0.2, 0.25) is 0 Å². The Hall–Kier alpha value is -1.88. The number of nitrogens with two attached hydrogens (primary N) is 1. The Bertz CT molecular complexity index is 551. The summed E-state index contributed by atoms with van der Waals surface area (Å²) < 4.78 is 0. The minimum absolute atomic E-state index is 0.0149. The van der Waals surface area contributed by atoms with E-state index >= 15 is 0 Å². The van der Waals surface area contributed by atoms with Crippen LogP contribution in [0.3, 0.4) is 0 Å². The summed E-state index contributed by atoms with van der Waals surface area (Å²) in [6.07, 6.45) is 3.54. The molecule has 2 aromatic heterocycles. The van der Waals surface area contributed by atoms with Gasteiger partial charge in [0.1, 0.15) is 0 Å². The van der Waals surface area contributed by atoms with Gasteiger partial charge in [-0.3, -0.25) is 9.78 Å². The fourth-order valence-corrected chi connectivity index (χ4v) is 2.63. The number of thiophene rings is 1. The first-order chi connectivity index (χ1) is 8.58. The highest BCUT2D eigenvalue weighted by molar-refractivity contribution is 7.18. The summed E-state index contributed by atoms with van der Waals surface area (Å²) >= 11 is 1.43. The molecule has 2 heterocycles. The number of pyridine rings is 1. The first kappa shape index (κ1) is 12.6. The Kier molecular flexibility index (Phi) is 3.62. The molecular formula is C13H15N3OS. The Morgan fingerprint density at radius 3 is 2.67 bits per heavy atom. The van der Waals surface area contributed by atoms with Crippen molar-refractivity contribution < 1.29 is 4.79 Å². The van der Waals surface area contributed by atoms with Crippen molar-refractivity contribution in [2.45, 2.75) is 13.5 Å². The summed E-state index contributed by atoms with van der Waals surface area (Å²) in [6.45, 7) is 2.30. The van der Waals surface area contributed by atoms with Gasteiger partial charge in [0.05, 0.1) is 15.6 Å². The number of hydrogen-bond donors (Lipinski definition) is 1. The van der Waals surface area contributed by atoms with Gasteiger partial charge in [-0.05, 0) is 23.8 Å². The molecule has 0 radical (unpaired) electrons. The minimum atomic E-state index is 0.0149. The molecule has 4 nitrogen and oxygen atoms in total. The van der Waals surface area contributed by atoms with Crippen LogP contribution in [0.25, 0.3) is 0 Å². The van der Waals surface area contributed by atoms with E-state index in [-0.39, 0.29) is 5.78 Å². The van der Waals surface area contributed by atoms with Crippen LogP contribution in [-0.2, 0) is 6.54 Å². The maximum absolute atomic E-state index is 11.4. The second kappa shape index (κ2) is 5.18. The summed E-state index contributed by atoms with van der Waals surface area (Å²) in [6, 6.07) is 5.79. The molecule has 0 bridgehead atoms. The number of Topliss-reactive ketones (excluding diaryl/α,β-unsaturated/α-hetero) is 1. The molecule has 0 saturated heterocycles. The summed E-state index contributed by atoms with van der Waals surface area (Å²) in [7, 11) is 1.98. The lowest BCUT2D eigenvalue weighted by molar-refractivity contribution is 0.102. The Morgan fingerprint density at radius 1 is 1.44 bits per heavy atom. The molecule has 5 heteroatoms. The molecule has 0 aliphatic heterocycles. The molecule has 0 saturated carbocycles. The van der Waals surface area contributed by atoms with Gasteiger partial charge in [0.2, 0.25) is 0 Å². The molecular weight excluding hydrogens is 246 g/mol. The predicted molar refractivity (Wildman–Crippen MR) is 75.1 cm³/mol. The molecule has 2 rings (SSSR count). The lowest BCUT2D eigenvalue weighted by Crippen LogP contribution is -2.14. The van der Waals surface area contributed by atoms with Crippen molar-refractivity contribution in [3.63, 3.8) is 0 Å². The Balaban J connectivity index is 2.17. The average molecular weight is 261 g/mol. The van der Waals surface area contributed by atoms with Gasteiger partial charge in [-0.25, -0.2) is 0 Å². The van der Waals surface area contributed by atoms with E-state index in [0.29, 0.717) is 10.6 Å². The largest absolute Gasteiger partial charge is 0.397 e. The quantitative estimate of drug-likeness (QED) is 0.859. The summed E-state index contributed by atoms with van der Waals surface area (Å²) in [5.74, 6) is 0.0149. The van der Waals surface area contributed by atoms with Crippen molar-refractivity contribution in [2.24, 2.45) is 0 Å². The van der Waals surface area contributed by atoms with Gasteiger partial charge in [0, 0.05) is 32.9 Å². The molecule has 0 aliphatic rings. The van der Waals surface area contributed by atoms with E-state index in [2.05, 4.69) is 9.88 Å². The van der Waals surface area contributed by atoms with Gasteiger partial charge in [-0.15, -0.1) is 11.3 Å². The number of carbonyl (C=O) groups is 1. The number of ketones is 1. The fourth-order valence-electron chi connectivity index (χ4n) is 1.69. The number of anilines is 2. The van der Waals surface area contributed by atoms with Crippen molar-refractivity contribution in [3.8, 4) is 0 Å². The highest BCUT2D eigenvalue weighted by Gasteiger charge is 2.13. The molecule has 0 aliphatic carbocycles. The van der Waals surface area contributed by atoms with Crippen molar-refractivity contribution in [3.05, 3.63) is 41.0 Å².